The van der Waals surface area contributed by atoms with Crippen LogP contribution in [0.5, 0.6) is 0 Å². The fourth-order valence-electron chi connectivity index (χ4n) is 1.86. The number of nitrogens with one attached hydrogen (secondary N) is 1. The summed E-state index contributed by atoms with van der Waals surface area (Å²) in [7, 11) is 3.65. The van der Waals surface area contributed by atoms with Gasteiger partial charge in [-0.3, -0.25) is 19.5 Å². The number of aromatic amines is 1. The van der Waals surface area contributed by atoms with Crippen molar-refractivity contribution in [2.24, 2.45) is 0 Å². The molecule has 0 aliphatic rings. The number of nitrogens with zero attached hydrogens (tertiary/aromatic N) is 3. The highest BCUT2D eigenvalue weighted by molar-refractivity contribution is 5.79. The smallest absolute Gasteiger partial charge is 0.308 e. The predicted molar refractivity (Wildman–Crippen MR) is 74.0 cm³/mol. The molecule has 2 rings (SSSR count). The first-order chi connectivity index (χ1) is 9.40. The summed E-state index contributed by atoms with van der Waals surface area (Å²) in [5.74, 6) is 0. The fourth-order valence-corrected chi connectivity index (χ4v) is 1.86. The Bertz CT molecular complexity index is 775. The number of hydrogen-bond donors (Lipinski definition) is 1. The summed E-state index contributed by atoms with van der Waals surface area (Å²) in [4.78, 5) is 38.6. The van der Waals surface area contributed by atoms with E-state index in [9.17, 15) is 19.7 Å². The van der Waals surface area contributed by atoms with E-state index in [0.717, 1.165) is 4.57 Å². The van der Waals surface area contributed by atoms with Crippen LogP contribution in [0.15, 0.2) is 27.8 Å². The van der Waals surface area contributed by atoms with E-state index in [1.54, 1.807) is 0 Å². The van der Waals surface area contributed by atoms with Crippen LogP contribution >= 0.6 is 0 Å². The zero-order valence-electron chi connectivity index (χ0n) is 11.1. The normalized spacial score (nSPS) is 11.2. The van der Waals surface area contributed by atoms with Crippen LogP contribution in [0.1, 0.15) is 0 Å². The predicted octanol–water partition coefficient (Wildman–Crippen LogP) is 0.160. The zero-order valence-corrected chi connectivity index (χ0v) is 11.1. The third-order valence-electron chi connectivity index (χ3n) is 2.95. The van der Waals surface area contributed by atoms with Crippen molar-refractivity contribution in [3.8, 4) is 0 Å². The van der Waals surface area contributed by atoms with Gasteiger partial charge in [-0.25, -0.2) is 4.79 Å². The molecule has 0 aliphatic carbocycles. The maximum Gasteiger partial charge on any atom is 0.328 e. The number of H-pyrrole nitrogens is 1. The van der Waals surface area contributed by atoms with Crippen molar-refractivity contribution in [1.29, 1.82) is 0 Å². The molecule has 0 atom stereocenters. The maximum atomic E-state index is 12.2. The third-order valence-corrected chi connectivity index (χ3v) is 2.95. The summed E-state index contributed by atoms with van der Waals surface area (Å²) in [5, 5.41) is 10.9. The summed E-state index contributed by atoms with van der Waals surface area (Å²) in [6, 6.07) is 3.80. The van der Waals surface area contributed by atoms with E-state index in [0.29, 0.717) is 12.1 Å². The van der Waals surface area contributed by atoms with Crippen LogP contribution in [0, 0.1) is 10.1 Å². The molecule has 8 heteroatoms. The van der Waals surface area contributed by atoms with Gasteiger partial charge in [0.1, 0.15) is 0 Å². The molecule has 1 aromatic heterocycles. The summed E-state index contributed by atoms with van der Waals surface area (Å²) in [5.41, 5.74) is -0.917. The highest BCUT2D eigenvalue weighted by Gasteiger charge is 2.12. The molecule has 106 valence electrons. The van der Waals surface area contributed by atoms with E-state index >= 15 is 0 Å². The summed E-state index contributed by atoms with van der Waals surface area (Å²) < 4.78 is 1.05. The van der Waals surface area contributed by atoms with Crippen molar-refractivity contribution >= 4 is 16.6 Å². The second-order valence-corrected chi connectivity index (χ2v) is 4.68. The molecule has 8 nitrogen and oxygen atoms in total. The first kappa shape index (κ1) is 13.9. The molecule has 2 aromatic rings. The minimum absolute atomic E-state index is 0.137. The minimum Gasteiger partial charge on any atom is -0.308 e. The van der Waals surface area contributed by atoms with Gasteiger partial charge in [0.15, 0.2) is 0 Å². The summed E-state index contributed by atoms with van der Waals surface area (Å²) >= 11 is 0. The minimum atomic E-state index is -0.575. The molecule has 0 aliphatic heterocycles. The second-order valence-electron chi connectivity index (χ2n) is 4.68. The van der Waals surface area contributed by atoms with Gasteiger partial charge in [-0.05, 0) is 20.2 Å². The zero-order chi connectivity index (χ0) is 14.9. The monoisotopic (exact) mass is 278 g/mol. The Morgan fingerprint density at radius 3 is 2.65 bits per heavy atom. The molecule has 0 fully saturated rings. The Morgan fingerprint density at radius 1 is 1.35 bits per heavy atom. The Balaban J connectivity index is 2.62. The molecule has 0 unspecified atom stereocenters. The largest absolute Gasteiger partial charge is 0.328 e. The van der Waals surface area contributed by atoms with Gasteiger partial charge in [-0.15, -0.1) is 0 Å². The van der Waals surface area contributed by atoms with Gasteiger partial charge in [0.05, 0.1) is 15.8 Å². The van der Waals surface area contributed by atoms with Gasteiger partial charge in [-0.1, -0.05) is 0 Å². The van der Waals surface area contributed by atoms with Crippen LogP contribution in [-0.2, 0) is 6.54 Å². The molecular weight excluding hydrogens is 264 g/mol. The van der Waals surface area contributed by atoms with E-state index in [-0.39, 0.29) is 17.6 Å². The van der Waals surface area contributed by atoms with Crippen LogP contribution in [0.2, 0.25) is 0 Å². The lowest BCUT2D eigenvalue weighted by atomic mass is 10.2. The van der Waals surface area contributed by atoms with E-state index in [1.165, 1.54) is 18.2 Å². The van der Waals surface area contributed by atoms with Crippen LogP contribution < -0.4 is 11.2 Å². The standard InChI is InChI=1S/C12H14N4O4/c1-14(2)5-6-15-11(17)9-7-8(16(19)20)3-4-10(9)13-12(15)18/h3-4,7H,5-6H2,1-2H3,(H,13,18). The lowest BCUT2D eigenvalue weighted by Crippen LogP contribution is -2.37. The molecule has 20 heavy (non-hydrogen) atoms. The van der Waals surface area contributed by atoms with Gasteiger partial charge < -0.3 is 9.88 Å². The number of nitro benzene ring substituents is 1. The number of likely N-dealkylation sites (N-methyl/N-ethyl adjacent to an activating group) is 1. The number of non-ortho nitro benzene ring substituents is 1. The van der Waals surface area contributed by atoms with Gasteiger partial charge in [0.25, 0.3) is 11.2 Å². The average Bonchev–Trinajstić information content (AvgIpc) is 2.37. The molecular formula is C12H14N4O4. The number of rotatable bonds is 4. The summed E-state index contributed by atoms with van der Waals surface area (Å²) in [6.07, 6.45) is 0. The Kier molecular flexibility index (Phi) is 3.66. The lowest BCUT2D eigenvalue weighted by molar-refractivity contribution is -0.384. The Hall–Kier alpha value is -2.48. The quantitative estimate of drug-likeness (QED) is 0.634. The average molecular weight is 278 g/mol. The van der Waals surface area contributed by atoms with Gasteiger partial charge in [0.2, 0.25) is 0 Å². The molecule has 1 heterocycles. The van der Waals surface area contributed by atoms with Crippen molar-refractivity contribution in [3.63, 3.8) is 0 Å². The van der Waals surface area contributed by atoms with E-state index < -0.39 is 16.2 Å². The van der Waals surface area contributed by atoms with Crippen molar-refractivity contribution in [2.75, 3.05) is 20.6 Å². The molecule has 1 aromatic carbocycles. The van der Waals surface area contributed by atoms with Crippen LogP contribution in [0.25, 0.3) is 10.9 Å². The van der Waals surface area contributed by atoms with Crippen LogP contribution in [0.4, 0.5) is 5.69 Å². The number of fused-ring (bicyclic) bond motifs is 1. The van der Waals surface area contributed by atoms with Crippen LogP contribution in [-0.4, -0.2) is 40.0 Å². The third kappa shape index (κ3) is 2.59. The SMILES string of the molecule is CN(C)CCn1c(=O)[nH]c2ccc([N+](=O)[O-])cc2c1=O. The number of nitro groups is 1. The topological polar surface area (TPSA) is 101 Å². The Labute approximate surface area is 113 Å². The number of benzene rings is 1. The first-order valence-corrected chi connectivity index (χ1v) is 5.96. The van der Waals surface area contributed by atoms with Crippen molar-refractivity contribution < 1.29 is 4.92 Å². The van der Waals surface area contributed by atoms with Crippen molar-refractivity contribution in [2.45, 2.75) is 6.54 Å². The lowest BCUT2D eigenvalue weighted by Gasteiger charge is -2.10. The molecule has 0 radical (unpaired) electrons. The van der Waals surface area contributed by atoms with E-state index in [1.807, 2.05) is 19.0 Å². The van der Waals surface area contributed by atoms with E-state index in [2.05, 4.69) is 4.98 Å². The fraction of sp³-hybridized carbons (Fsp3) is 0.333. The molecule has 0 amide bonds. The molecule has 0 saturated heterocycles. The molecule has 0 saturated carbocycles. The van der Waals surface area contributed by atoms with Gasteiger partial charge >= 0.3 is 5.69 Å². The molecule has 0 spiro atoms. The maximum absolute atomic E-state index is 12.2. The molecule has 0 bridgehead atoms. The second kappa shape index (κ2) is 5.25. The number of aromatic nitrogens is 2. The highest BCUT2D eigenvalue weighted by Crippen LogP contribution is 2.15. The number of hydrogen-bond acceptors (Lipinski definition) is 5. The van der Waals surface area contributed by atoms with Gasteiger partial charge in [-0.2, -0.15) is 0 Å². The highest BCUT2D eigenvalue weighted by atomic mass is 16.6. The van der Waals surface area contributed by atoms with Crippen LogP contribution in [0.3, 0.4) is 0 Å². The summed E-state index contributed by atoms with van der Waals surface area (Å²) in [6.45, 7) is 0.739. The van der Waals surface area contributed by atoms with Crippen molar-refractivity contribution in [3.05, 3.63) is 49.2 Å². The molecule has 1 N–H and O–H groups in total. The first-order valence-electron chi connectivity index (χ1n) is 5.96. The van der Waals surface area contributed by atoms with E-state index in [4.69, 9.17) is 0 Å². The van der Waals surface area contributed by atoms with Crippen molar-refractivity contribution in [1.82, 2.24) is 14.5 Å². The van der Waals surface area contributed by atoms with Gasteiger partial charge in [0, 0.05) is 25.2 Å². The Morgan fingerprint density at radius 2 is 2.05 bits per heavy atom.